The van der Waals surface area contributed by atoms with Gasteiger partial charge in [0, 0.05) is 19.5 Å². The fraction of sp³-hybridized carbons (Fsp3) is 0.444. The lowest BCUT2D eigenvalue weighted by molar-refractivity contribution is -0.137. The number of nitrogens with one attached hydrogen (secondary N) is 2. The number of ether oxygens (including phenoxy) is 2. The highest BCUT2D eigenvalue weighted by Crippen LogP contribution is 2.15. The predicted molar refractivity (Wildman–Crippen MR) is 94.9 cm³/mol. The van der Waals surface area contributed by atoms with Crippen molar-refractivity contribution in [3.8, 4) is 5.75 Å². The molecule has 0 aliphatic carbocycles. The first-order valence-corrected chi connectivity index (χ1v) is 8.03. The van der Waals surface area contributed by atoms with Crippen LogP contribution in [0.5, 0.6) is 5.75 Å². The van der Waals surface area contributed by atoms with Crippen molar-refractivity contribution >= 4 is 18.0 Å². The zero-order valence-corrected chi connectivity index (χ0v) is 15.0. The van der Waals surface area contributed by atoms with Gasteiger partial charge in [0.2, 0.25) is 5.91 Å². The molecular weight excluding hydrogens is 324 g/mol. The van der Waals surface area contributed by atoms with Crippen LogP contribution in [-0.2, 0) is 14.3 Å². The number of esters is 1. The van der Waals surface area contributed by atoms with Gasteiger partial charge < -0.3 is 25.2 Å². The Morgan fingerprint density at radius 1 is 1.24 bits per heavy atom. The minimum absolute atomic E-state index is 0.0545. The lowest BCUT2D eigenvalue weighted by atomic mass is 10.2. The van der Waals surface area contributed by atoms with Crippen molar-refractivity contribution in [2.45, 2.75) is 32.9 Å². The fourth-order valence-corrected chi connectivity index (χ4v) is 1.90. The van der Waals surface area contributed by atoms with Gasteiger partial charge in [0.1, 0.15) is 24.2 Å². The van der Waals surface area contributed by atoms with E-state index in [1.807, 2.05) is 13.8 Å². The Hall–Kier alpha value is -2.38. The normalized spacial score (nSPS) is 12.6. The van der Waals surface area contributed by atoms with E-state index < -0.39 is 12.1 Å². The van der Waals surface area contributed by atoms with Crippen LogP contribution >= 0.6 is 0 Å². The Kier molecular flexibility index (Phi) is 8.66. The highest BCUT2D eigenvalue weighted by Gasteiger charge is 2.11. The molecule has 138 valence electrons. The molecule has 1 aromatic rings. The van der Waals surface area contributed by atoms with Crippen LogP contribution in [0.4, 0.5) is 0 Å². The standard InChI is InChI=1S/C18H26N2O5/c1-12(2)19-10-15(22)11-25-16-7-5-14(6-8-16)9-17(18(23)24-4)20-13(3)21/h5-9,12,15,19,22H,10-11H2,1-4H3,(H,20,21). The van der Waals surface area contributed by atoms with Gasteiger partial charge in [0.15, 0.2) is 0 Å². The van der Waals surface area contributed by atoms with E-state index in [1.165, 1.54) is 20.1 Å². The first kappa shape index (κ1) is 20.7. The second-order valence-electron chi connectivity index (χ2n) is 5.83. The van der Waals surface area contributed by atoms with Crippen molar-refractivity contribution in [2.24, 2.45) is 0 Å². The number of amides is 1. The SMILES string of the molecule is COC(=O)C(=Cc1ccc(OCC(O)CNC(C)C)cc1)NC(C)=O. The number of carbonyl (C=O) groups is 2. The molecule has 1 unspecified atom stereocenters. The number of benzene rings is 1. The van der Waals surface area contributed by atoms with Crippen molar-refractivity contribution in [1.82, 2.24) is 10.6 Å². The molecule has 0 saturated carbocycles. The van der Waals surface area contributed by atoms with E-state index >= 15 is 0 Å². The van der Waals surface area contributed by atoms with Gasteiger partial charge in [-0.1, -0.05) is 26.0 Å². The molecule has 3 N–H and O–H groups in total. The molecule has 0 bridgehead atoms. The van der Waals surface area contributed by atoms with E-state index in [4.69, 9.17) is 4.74 Å². The van der Waals surface area contributed by atoms with E-state index in [-0.39, 0.29) is 18.2 Å². The summed E-state index contributed by atoms with van der Waals surface area (Å²) in [4.78, 5) is 22.8. The molecule has 0 aliphatic rings. The summed E-state index contributed by atoms with van der Waals surface area (Å²) in [6, 6.07) is 7.21. The van der Waals surface area contributed by atoms with Gasteiger partial charge >= 0.3 is 5.97 Å². The molecule has 7 nitrogen and oxygen atoms in total. The topological polar surface area (TPSA) is 96.9 Å². The van der Waals surface area contributed by atoms with Gasteiger partial charge in [0.05, 0.1) is 7.11 Å². The van der Waals surface area contributed by atoms with Crippen LogP contribution in [0.2, 0.25) is 0 Å². The summed E-state index contributed by atoms with van der Waals surface area (Å²) in [6.45, 7) is 5.95. The van der Waals surface area contributed by atoms with E-state index in [2.05, 4.69) is 15.4 Å². The van der Waals surface area contributed by atoms with Crippen LogP contribution in [0.1, 0.15) is 26.3 Å². The molecule has 0 radical (unpaired) electrons. The van der Waals surface area contributed by atoms with E-state index in [9.17, 15) is 14.7 Å². The molecular formula is C18H26N2O5. The summed E-state index contributed by atoms with van der Waals surface area (Å²) in [5, 5.41) is 15.4. The van der Waals surface area contributed by atoms with Crippen LogP contribution in [-0.4, -0.2) is 49.4 Å². The van der Waals surface area contributed by atoms with Gasteiger partial charge in [-0.25, -0.2) is 4.79 Å². The Bertz CT molecular complexity index is 596. The van der Waals surface area contributed by atoms with Crippen LogP contribution in [0.15, 0.2) is 30.0 Å². The van der Waals surface area contributed by atoms with Gasteiger partial charge in [-0.3, -0.25) is 4.79 Å². The van der Waals surface area contributed by atoms with Gasteiger partial charge in [-0.2, -0.15) is 0 Å². The Morgan fingerprint density at radius 2 is 1.88 bits per heavy atom. The van der Waals surface area contributed by atoms with Gasteiger partial charge in [-0.05, 0) is 23.8 Å². The third kappa shape index (κ3) is 8.32. The quantitative estimate of drug-likeness (QED) is 0.455. The summed E-state index contributed by atoms with van der Waals surface area (Å²) >= 11 is 0. The number of hydrogen-bond donors (Lipinski definition) is 3. The highest BCUT2D eigenvalue weighted by molar-refractivity contribution is 5.97. The third-order valence-corrected chi connectivity index (χ3v) is 3.11. The van der Waals surface area contributed by atoms with Gasteiger partial charge in [0.25, 0.3) is 0 Å². The second kappa shape index (κ2) is 10.5. The number of methoxy groups -OCH3 is 1. The maximum Gasteiger partial charge on any atom is 0.354 e. The molecule has 1 rings (SSSR count). The van der Waals surface area contributed by atoms with Crippen LogP contribution in [0.3, 0.4) is 0 Å². The summed E-state index contributed by atoms with van der Waals surface area (Å²) in [5.74, 6) is -0.392. The van der Waals surface area contributed by atoms with Crippen molar-refractivity contribution in [3.05, 3.63) is 35.5 Å². The summed E-state index contributed by atoms with van der Waals surface area (Å²) in [6.07, 6.45) is 0.908. The largest absolute Gasteiger partial charge is 0.491 e. The monoisotopic (exact) mass is 350 g/mol. The van der Waals surface area contributed by atoms with Crippen molar-refractivity contribution in [3.63, 3.8) is 0 Å². The smallest absolute Gasteiger partial charge is 0.354 e. The summed E-state index contributed by atoms with van der Waals surface area (Å²) in [7, 11) is 1.24. The fourth-order valence-electron chi connectivity index (χ4n) is 1.90. The number of aliphatic hydroxyl groups excluding tert-OH is 1. The minimum atomic E-state index is -0.628. The molecule has 25 heavy (non-hydrogen) atoms. The molecule has 1 atom stereocenters. The lowest BCUT2D eigenvalue weighted by Gasteiger charge is -2.15. The maximum absolute atomic E-state index is 11.6. The van der Waals surface area contributed by atoms with Crippen molar-refractivity contribution < 1.29 is 24.2 Å². The molecule has 0 aliphatic heterocycles. The Labute approximate surface area is 148 Å². The molecule has 0 fully saturated rings. The molecule has 0 aromatic heterocycles. The zero-order chi connectivity index (χ0) is 18.8. The Balaban J connectivity index is 2.66. The Morgan fingerprint density at radius 3 is 2.40 bits per heavy atom. The molecule has 1 amide bonds. The molecule has 0 saturated heterocycles. The van der Waals surface area contributed by atoms with Crippen LogP contribution in [0.25, 0.3) is 6.08 Å². The van der Waals surface area contributed by atoms with Crippen molar-refractivity contribution in [1.29, 1.82) is 0 Å². The predicted octanol–water partition coefficient (Wildman–Crippen LogP) is 1.07. The van der Waals surface area contributed by atoms with Crippen LogP contribution in [0, 0.1) is 0 Å². The van der Waals surface area contributed by atoms with E-state index in [1.54, 1.807) is 24.3 Å². The first-order valence-electron chi connectivity index (χ1n) is 8.03. The van der Waals surface area contributed by atoms with Gasteiger partial charge in [-0.15, -0.1) is 0 Å². The molecule has 0 heterocycles. The van der Waals surface area contributed by atoms with Crippen molar-refractivity contribution in [2.75, 3.05) is 20.3 Å². The molecule has 1 aromatic carbocycles. The average molecular weight is 350 g/mol. The maximum atomic E-state index is 11.6. The number of hydrogen-bond acceptors (Lipinski definition) is 6. The summed E-state index contributed by atoms with van der Waals surface area (Å²) in [5.41, 5.74) is 0.752. The lowest BCUT2D eigenvalue weighted by Crippen LogP contribution is -2.35. The first-order chi connectivity index (χ1) is 11.8. The number of aliphatic hydroxyl groups is 1. The number of rotatable bonds is 9. The number of carbonyl (C=O) groups excluding carboxylic acids is 2. The molecule has 0 spiro atoms. The molecule has 7 heteroatoms. The summed E-state index contributed by atoms with van der Waals surface area (Å²) < 4.78 is 10.2. The third-order valence-electron chi connectivity index (χ3n) is 3.11. The van der Waals surface area contributed by atoms with E-state index in [0.29, 0.717) is 23.9 Å². The van der Waals surface area contributed by atoms with E-state index in [0.717, 1.165) is 0 Å². The average Bonchev–Trinajstić information content (AvgIpc) is 2.57. The van der Waals surface area contributed by atoms with Crippen LogP contribution < -0.4 is 15.4 Å². The second-order valence-corrected chi connectivity index (χ2v) is 5.83. The minimum Gasteiger partial charge on any atom is -0.491 e. The zero-order valence-electron chi connectivity index (χ0n) is 15.0. The highest BCUT2D eigenvalue weighted by atomic mass is 16.5.